The number of pyridine rings is 1. The fraction of sp³-hybridized carbons (Fsp3) is 0.300. The largest absolute Gasteiger partial charge is 0.437 e. The highest BCUT2D eigenvalue weighted by Crippen LogP contribution is 2.30. The Morgan fingerprint density at radius 2 is 2.03 bits per heavy atom. The summed E-state index contributed by atoms with van der Waals surface area (Å²) in [6, 6.07) is 4.84. The third-order valence-electron chi connectivity index (χ3n) is 4.84. The van der Waals surface area contributed by atoms with E-state index in [9.17, 15) is 9.59 Å². The Hall–Kier alpha value is -3.62. The van der Waals surface area contributed by atoms with Gasteiger partial charge in [-0.25, -0.2) is 9.97 Å². The van der Waals surface area contributed by atoms with Crippen LogP contribution in [0.25, 0.3) is 0 Å². The first-order chi connectivity index (χ1) is 14.0. The van der Waals surface area contributed by atoms with Gasteiger partial charge in [0.2, 0.25) is 0 Å². The Morgan fingerprint density at radius 3 is 2.83 bits per heavy atom. The van der Waals surface area contributed by atoms with Crippen molar-refractivity contribution in [3.8, 4) is 0 Å². The number of carbonyl (C=O) groups is 2. The van der Waals surface area contributed by atoms with Crippen molar-refractivity contribution in [1.29, 1.82) is 0 Å². The maximum Gasteiger partial charge on any atom is 0.307 e. The van der Waals surface area contributed by atoms with Gasteiger partial charge in [0.1, 0.15) is 11.8 Å². The summed E-state index contributed by atoms with van der Waals surface area (Å²) in [5, 5.41) is 2.74. The van der Waals surface area contributed by atoms with Gasteiger partial charge in [-0.15, -0.1) is 0 Å². The number of amides is 2. The van der Waals surface area contributed by atoms with E-state index in [1.54, 1.807) is 25.6 Å². The van der Waals surface area contributed by atoms with Crippen molar-refractivity contribution in [1.82, 2.24) is 25.3 Å². The minimum absolute atomic E-state index is 0.0535. The molecule has 4 rings (SSSR count). The molecule has 9 heteroatoms. The zero-order chi connectivity index (χ0) is 20.4. The van der Waals surface area contributed by atoms with Crippen LogP contribution in [-0.4, -0.2) is 44.8 Å². The number of nitrogens with one attached hydrogen (secondary N) is 1. The Morgan fingerprint density at radius 1 is 1.21 bits per heavy atom. The second kappa shape index (κ2) is 7.78. The van der Waals surface area contributed by atoms with E-state index < -0.39 is 11.9 Å². The number of aromatic nitrogens is 4. The molecule has 0 fully saturated rings. The van der Waals surface area contributed by atoms with Crippen LogP contribution in [0.4, 0.5) is 5.82 Å². The minimum atomic E-state index is -0.732. The van der Waals surface area contributed by atoms with Crippen LogP contribution in [0.2, 0.25) is 0 Å². The van der Waals surface area contributed by atoms with E-state index in [2.05, 4.69) is 25.3 Å². The molecule has 0 unspecified atom stereocenters. The SMILES string of the molecule is C[C@H]1C[C@H](NC(=O)c2ncc(Cc3ccccn3)o2)C(=O)N(C)c2nccnc21. The number of carbonyl (C=O) groups excluding carboxylic acids is 2. The monoisotopic (exact) mass is 392 g/mol. The number of fused-ring (bicyclic) bond motifs is 1. The highest BCUT2D eigenvalue weighted by molar-refractivity contribution is 6.01. The molecule has 1 aliphatic rings. The highest BCUT2D eigenvalue weighted by Gasteiger charge is 2.34. The molecule has 2 amide bonds. The first kappa shape index (κ1) is 18.7. The predicted molar refractivity (Wildman–Crippen MR) is 103 cm³/mol. The number of likely N-dealkylation sites (N-methyl/N-ethyl adjacent to an activating group) is 1. The number of hydrogen-bond donors (Lipinski definition) is 1. The van der Waals surface area contributed by atoms with Gasteiger partial charge in [0.15, 0.2) is 5.82 Å². The number of hydrogen-bond acceptors (Lipinski definition) is 7. The predicted octanol–water partition coefficient (Wildman–Crippen LogP) is 1.72. The van der Waals surface area contributed by atoms with E-state index in [4.69, 9.17) is 4.42 Å². The van der Waals surface area contributed by atoms with E-state index >= 15 is 0 Å². The van der Waals surface area contributed by atoms with E-state index in [0.29, 0.717) is 24.4 Å². The Balaban J connectivity index is 1.48. The van der Waals surface area contributed by atoms with Crippen LogP contribution < -0.4 is 10.2 Å². The molecular formula is C20H20N6O3. The molecule has 29 heavy (non-hydrogen) atoms. The van der Waals surface area contributed by atoms with Crippen LogP contribution in [0, 0.1) is 0 Å². The molecule has 0 aromatic carbocycles. The van der Waals surface area contributed by atoms with Gasteiger partial charge in [0, 0.05) is 43.7 Å². The fourth-order valence-corrected chi connectivity index (χ4v) is 3.37. The second-order valence-corrected chi connectivity index (χ2v) is 6.95. The van der Waals surface area contributed by atoms with Gasteiger partial charge in [-0.3, -0.25) is 24.5 Å². The topological polar surface area (TPSA) is 114 Å². The van der Waals surface area contributed by atoms with Gasteiger partial charge >= 0.3 is 5.91 Å². The molecule has 3 aromatic heterocycles. The van der Waals surface area contributed by atoms with Gasteiger partial charge in [-0.2, -0.15) is 0 Å². The Bertz CT molecular complexity index is 1040. The number of anilines is 1. The van der Waals surface area contributed by atoms with Gasteiger partial charge in [0.25, 0.3) is 11.8 Å². The van der Waals surface area contributed by atoms with Crippen LogP contribution >= 0.6 is 0 Å². The van der Waals surface area contributed by atoms with Crippen LogP contribution in [-0.2, 0) is 11.2 Å². The molecule has 1 aliphatic heterocycles. The van der Waals surface area contributed by atoms with Crippen molar-refractivity contribution < 1.29 is 14.0 Å². The standard InChI is InChI=1S/C20H20N6O3/c1-12-9-15(20(28)26(2)17-16(12)22-7-8-23-17)25-18(27)19-24-11-14(29-19)10-13-5-3-4-6-21-13/h3-8,11-12,15H,9-10H2,1-2H3,(H,25,27)/t12-,15-/m0/s1. The summed E-state index contributed by atoms with van der Waals surface area (Å²) in [5.74, 6) is 0.0925. The molecule has 0 saturated heterocycles. The summed E-state index contributed by atoms with van der Waals surface area (Å²) < 4.78 is 5.56. The first-order valence-corrected chi connectivity index (χ1v) is 9.27. The number of oxazole rings is 1. The third kappa shape index (κ3) is 3.84. The Labute approximate surface area is 167 Å². The lowest BCUT2D eigenvalue weighted by Gasteiger charge is -2.20. The van der Waals surface area contributed by atoms with E-state index in [1.807, 2.05) is 25.1 Å². The van der Waals surface area contributed by atoms with Crippen molar-refractivity contribution in [2.45, 2.75) is 31.7 Å². The molecule has 0 saturated carbocycles. The minimum Gasteiger partial charge on any atom is -0.437 e. The van der Waals surface area contributed by atoms with E-state index in [1.165, 1.54) is 11.1 Å². The summed E-state index contributed by atoms with van der Waals surface area (Å²) >= 11 is 0. The van der Waals surface area contributed by atoms with Crippen molar-refractivity contribution in [2.24, 2.45) is 0 Å². The van der Waals surface area contributed by atoms with Crippen molar-refractivity contribution in [3.05, 3.63) is 66.0 Å². The van der Waals surface area contributed by atoms with Crippen LogP contribution in [0.1, 0.15) is 47.1 Å². The van der Waals surface area contributed by atoms with Gasteiger partial charge in [-0.1, -0.05) is 13.0 Å². The molecular weight excluding hydrogens is 372 g/mol. The molecule has 1 N–H and O–H groups in total. The molecule has 0 aliphatic carbocycles. The van der Waals surface area contributed by atoms with Crippen LogP contribution in [0.5, 0.6) is 0 Å². The molecule has 3 aromatic rings. The number of rotatable bonds is 4. The zero-order valence-corrected chi connectivity index (χ0v) is 16.1. The summed E-state index contributed by atoms with van der Waals surface area (Å²) in [5.41, 5.74) is 1.54. The summed E-state index contributed by atoms with van der Waals surface area (Å²) in [6.45, 7) is 1.95. The average molecular weight is 392 g/mol. The lowest BCUT2D eigenvalue weighted by Crippen LogP contribution is -2.47. The zero-order valence-electron chi connectivity index (χ0n) is 16.1. The normalized spacial score (nSPS) is 18.8. The third-order valence-corrected chi connectivity index (χ3v) is 4.84. The summed E-state index contributed by atoms with van der Waals surface area (Å²) in [7, 11) is 1.63. The summed E-state index contributed by atoms with van der Waals surface area (Å²) in [4.78, 5) is 43.8. The van der Waals surface area contributed by atoms with Gasteiger partial charge in [-0.05, 0) is 18.6 Å². The smallest absolute Gasteiger partial charge is 0.307 e. The lowest BCUT2D eigenvalue weighted by molar-refractivity contribution is -0.120. The number of nitrogens with zero attached hydrogens (tertiary/aromatic N) is 5. The molecule has 0 radical (unpaired) electrons. The fourth-order valence-electron chi connectivity index (χ4n) is 3.37. The van der Waals surface area contributed by atoms with E-state index in [0.717, 1.165) is 11.4 Å². The molecule has 0 spiro atoms. The molecule has 148 valence electrons. The van der Waals surface area contributed by atoms with Crippen LogP contribution in [0.3, 0.4) is 0 Å². The maximum atomic E-state index is 12.9. The molecule has 2 atom stereocenters. The van der Waals surface area contributed by atoms with E-state index in [-0.39, 0.29) is 17.7 Å². The lowest BCUT2D eigenvalue weighted by atomic mass is 9.99. The van der Waals surface area contributed by atoms with Crippen molar-refractivity contribution in [3.63, 3.8) is 0 Å². The van der Waals surface area contributed by atoms with Gasteiger partial charge in [0.05, 0.1) is 11.9 Å². The maximum absolute atomic E-state index is 12.9. The second-order valence-electron chi connectivity index (χ2n) is 6.95. The van der Waals surface area contributed by atoms with Crippen molar-refractivity contribution >= 4 is 17.6 Å². The molecule has 0 bridgehead atoms. The molecule has 9 nitrogen and oxygen atoms in total. The average Bonchev–Trinajstić information content (AvgIpc) is 3.18. The quantitative estimate of drug-likeness (QED) is 0.719. The highest BCUT2D eigenvalue weighted by atomic mass is 16.4. The first-order valence-electron chi connectivity index (χ1n) is 9.27. The Kier molecular flexibility index (Phi) is 5.03. The van der Waals surface area contributed by atoms with Crippen LogP contribution in [0.15, 0.2) is 47.4 Å². The summed E-state index contributed by atoms with van der Waals surface area (Å²) in [6.07, 6.45) is 7.16. The van der Waals surface area contributed by atoms with Gasteiger partial charge < -0.3 is 9.73 Å². The van der Waals surface area contributed by atoms with Crippen molar-refractivity contribution in [2.75, 3.05) is 11.9 Å². The molecule has 4 heterocycles.